The van der Waals surface area contributed by atoms with E-state index in [0.717, 1.165) is 69.6 Å². The third-order valence-corrected chi connectivity index (χ3v) is 6.19. The van der Waals surface area contributed by atoms with E-state index in [0.29, 0.717) is 4.05 Å². The van der Waals surface area contributed by atoms with E-state index >= 15 is 0 Å². The second-order valence-corrected chi connectivity index (χ2v) is 7.48. The minimum atomic E-state index is 0.523. The third kappa shape index (κ3) is 7.46. The summed E-state index contributed by atoms with van der Waals surface area (Å²) in [6.07, 6.45) is 0. The molecule has 0 saturated carbocycles. The maximum absolute atomic E-state index is 4.44. The summed E-state index contributed by atoms with van der Waals surface area (Å²) < 4.78 is 0.523. The Kier molecular flexibility index (Phi) is 11.1. The first-order chi connectivity index (χ1) is 9.21. The summed E-state index contributed by atoms with van der Waals surface area (Å²) in [6.45, 7) is 9.01. The van der Waals surface area contributed by atoms with Crippen molar-refractivity contribution in [3.63, 3.8) is 0 Å². The average molecular weight is 435 g/mol. The molecular weight excluding hydrogens is 409 g/mol. The van der Waals surface area contributed by atoms with Gasteiger partial charge in [-0.3, -0.25) is 14.7 Å². The van der Waals surface area contributed by atoms with Crippen molar-refractivity contribution in [3.8, 4) is 0 Å². The van der Waals surface area contributed by atoms with Gasteiger partial charge in [-0.05, 0) is 0 Å². The number of nitrogens with zero attached hydrogens (tertiary/aromatic N) is 3. The molecular formula is C12H26IN3S3. The van der Waals surface area contributed by atoms with Crippen molar-refractivity contribution in [2.45, 2.75) is 4.05 Å². The Morgan fingerprint density at radius 1 is 0.789 bits per heavy atom. The normalized spacial score (nSPS) is 22.7. The van der Waals surface area contributed by atoms with E-state index in [1.807, 2.05) is 0 Å². The van der Waals surface area contributed by atoms with E-state index < -0.39 is 0 Å². The summed E-state index contributed by atoms with van der Waals surface area (Å²) in [4.78, 5) is 7.60. The second kappa shape index (κ2) is 11.3. The van der Waals surface area contributed by atoms with Crippen LogP contribution in [0.2, 0.25) is 0 Å². The van der Waals surface area contributed by atoms with E-state index in [1.165, 1.54) is 0 Å². The maximum Gasteiger partial charge on any atom is 0.0708 e. The zero-order valence-electron chi connectivity index (χ0n) is 11.4. The van der Waals surface area contributed by atoms with E-state index in [9.17, 15) is 0 Å². The molecule has 0 aliphatic carbocycles. The van der Waals surface area contributed by atoms with Crippen LogP contribution in [-0.2, 0) is 0 Å². The molecule has 0 amide bonds. The Balaban J connectivity index is 2.59. The molecule has 0 N–H and O–H groups in total. The van der Waals surface area contributed by atoms with E-state index in [4.69, 9.17) is 0 Å². The number of alkyl halides is 1. The molecule has 0 bridgehead atoms. The van der Waals surface area contributed by atoms with Crippen molar-refractivity contribution in [1.29, 1.82) is 0 Å². The Hall–Kier alpha value is 1.66. The number of hydrogen-bond acceptors (Lipinski definition) is 6. The molecule has 0 spiro atoms. The monoisotopic (exact) mass is 435 g/mol. The molecule has 0 aromatic carbocycles. The number of halogens is 1. The quantitative estimate of drug-likeness (QED) is 0.253. The summed E-state index contributed by atoms with van der Waals surface area (Å²) in [6, 6.07) is 0. The largest absolute Gasteiger partial charge is 0.300 e. The zero-order chi connectivity index (χ0) is 14.1. The zero-order valence-corrected chi connectivity index (χ0v) is 16.3. The molecule has 1 heterocycles. The highest BCUT2D eigenvalue weighted by molar-refractivity contribution is 14.1. The molecule has 19 heavy (non-hydrogen) atoms. The lowest BCUT2D eigenvalue weighted by molar-refractivity contribution is 0.227. The van der Waals surface area contributed by atoms with Gasteiger partial charge in [-0.15, -0.1) is 0 Å². The Morgan fingerprint density at radius 2 is 1.21 bits per heavy atom. The first-order valence-electron chi connectivity index (χ1n) is 6.86. The molecule has 7 heteroatoms. The van der Waals surface area contributed by atoms with Crippen LogP contribution in [0.25, 0.3) is 0 Å². The first-order valence-corrected chi connectivity index (χ1v) is 10.0. The molecule has 1 unspecified atom stereocenters. The fourth-order valence-corrected chi connectivity index (χ4v) is 3.64. The van der Waals surface area contributed by atoms with Crippen LogP contribution in [0.3, 0.4) is 0 Å². The Labute approximate surface area is 148 Å². The molecule has 1 aliphatic heterocycles. The van der Waals surface area contributed by atoms with Crippen LogP contribution >= 0.6 is 60.5 Å². The number of hydrogen-bond donors (Lipinski definition) is 3. The predicted octanol–water partition coefficient (Wildman–Crippen LogP) is 1.46. The van der Waals surface area contributed by atoms with Gasteiger partial charge in [0, 0.05) is 69.6 Å². The van der Waals surface area contributed by atoms with Crippen LogP contribution in [0.5, 0.6) is 0 Å². The lowest BCUT2D eigenvalue weighted by Crippen LogP contribution is -2.41. The first kappa shape index (κ1) is 18.7. The molecule has 3 nitrogen and oxygen atoms in total. The maximum atomic E-state index is 4.44. The van der Waals surface area contributed by atoms with Gasteiger partial charge in [0.05, 0.1) is 4.05 Å². The number of rotatable bonds is 6. The minimum Gasteiger partial charge on any atom is -0.300 e. The van der Waals surface area contributed by atoms with Gasteiger partial charge in [0.2, 0.25) is 0 Å². The van der Waals surface area contributed by atoms with Crippen LogP contribution < -0.4 is 0 Å². The molecule has 1 aliphatic rings. The predicted molar refractivity (Wildman–Crippen MR) is 104 cm³/mol. The lowest BCUT2D eigenvalue weighted by atomic mass is 10.4. The minimum absolute atomic E-state index is 0.523. The van der Waals surface area contributed by atoms with E-state index in [2.05, 4.69) is 75.2 Å². The van der Waals surface area contributed by atoms with Gasteiger partial charge < -0.3 is 0 Å². The van der Waals surface area contributed by atoms with Crippen molar-refractivity contribution in [2.75, 3.05) is 69.6 Å². The highest BCUT2D eigenvalue weighted by Gasteiger charge is 2.19. The van der Waals surface area contributed by atoms with Crippen molar-refractivity contribution < 1.29 is 0 Å². The SMILES string of the molecule is SCCN1CCN(CCS)CCN(C(I)CS)CC1. The molecule has 0 radical (unpaired) electrons. The Bertz CT molecular complexity index is 218. The Morgan fingerprint density at radius 3 is 1.58 bits per heavy atom. The number of thiol groups is 3. The summed E-state index contributed by atoms with van der Waals surface area (Å²) in [5, 5.41) is 0. The lowest BCUT2D eigenvalue weighted by Gasteiger charge is -2.29. The summed E-state index contributed by atoms with van der Waals surface area (Å²) >= 11 is 15.7. The summed E-state index contributed by atoms with van der Waals surface area (Å²) in [7, 11) is 0. The van der Waals surface area contributed by atoms with Crippen molar-refractivity contribution >= 4 is 60.5 Å². The average Bonchev–Trinajstić information content (AvgIpc) is 2.51. The summed E-state index contributed by atoms with van der Waals surface area (Å²) in [5.74, 6) is 2.79. The van der Waals surface area contributed by atoms with Crippen molar-refractivity contribution in [1.82, 2.24) is 14.7 Å². The second-order valence-electron chi connectivity index (χ2n) is 4.78. The van der Waals surface area contributed by atoms with Crippen LogP contribution in [0.15, 0.2) is 0 Å². The molecule has 1 saturated heterocycles. The fourth-order valence-electron chi connectivity index (χ4n) is 2.28. The summed E-state index contributed by atoms with van der Waals surface area (Å²) in [5.41, 5.74) is 0. The van der Waals surface area contributed by atoms with Crippen LogP contribution in [0.4, 0.5) is 0 Å². The highest BCUT2D eigenvalue weighted by atomic mass is 127. The topological polar surface area (TPSA) is 9.72 Å². The van der Waals surface area contributed by atoms with Gasteiger partial charge in [-0.25, -0.2) is 0 Å². The fraction of sp³-hybridized carbons (Fsp3) is 1.00. The van der Waals surface area contributed by atoms with Crippen LogP contribution in [0.1, 0.15) is 0 Å². The van der Waals surface area contributed by atoms with Gasteiger partial charge in [-0.2, -0.15) is 37.9 Å². The molecule has 0 aromatic heterocycles. The molecule has 114 valence electrons. The molecule has 1 atom stereocenters. The van der Waals surface area contributed by atoms with Crippen LogP contribution in [0, 0.1) is 0 Å². The van der Waals surface area contributed by atoms with Gasteiger partial charge in [0.1, 0.15) is 0 Å². The van der Waals surface area contributed by atoms with Crippen molar-refractivity contribution in [3.05, 3.63) is 0 Å². The standard InChI is InChI=1S/C12H26IN3S3/c13-12(11-19)16-5-3-14(7-9-17)1-2-15(4-6-16)8-10-18/h12,17-19H,1-11H2. The highest BCUT2D eigenvalue weighted by Crippen LogP contribution is 2.11. The van der Waals surface area contributed by atoms with Crippen LogP contribution in [-0.4, -0.2) is 88.4 Å². The van der Waals surface area contributed by atoms with E-state index in [-0.39, 0.29) is 0 Å². The van der Waals surface area contributed by atoms with Gasteiger partial charge in [-0.1, -0.05) is 22.6 Å². The smallest absolute Gasteiger partial charge is 0.0708 e. The van der Waals surface area contributed by atoms with E-state index in [1.54, 1.807) is 0 Å². The molecule has 1 rings (SSSR count). The molecule has 1 fully saturated rings. The van der Waals surface area contributed by atoms with Crippen molar-refractivity contribution in [2.24, 2.45) is 0 Å². The van der Waals surface area contributed by atoms with Gasteiger partial charge in [0.25, 0.3) is 0 Å². The molecule has 0 aromatic rings. The van der Waals surface area contributed by atoms with Gasteiger partial charge in [0.15, 0.2) is 0 Å². The van der Waals surface area contributed by atoms with Gasteiger partial charge >= 0.3 is 0 Å². The third-order valence-electron chi connectivity index (χ3n) is 3.52.